The Kier molecular flexibility index (Phi) is 6.88. The zero-order valence-corrected chi connectivity index (χ0v) is 20.5. The highest BCUT2D eigenvalue weighted by Gasteiger charge is 2.63. The fourth-order valence-electron chi connectivity index (χ4n) is 5.36. The summed E-state index contributed by atoms with van der Waals surface area (Å²) in [6.07, 6.45) is 0. The van der Waals surface area contributed by atoms with Gasteiger partial charge in [-0.3, -0.25) is 9.69 Å². The Morgan fingerprint density at radius 2 is 1.86 bits per heavy atom. The molecule has 3 aromatic carbocycles. The largest absolute Gasteiger partial charge is 0.480 e. The molecule has 1 fully saturated rings. The average molecular weight is 515 g/mol. The molecule has 1 aliphatic heterocycles. The molecule has 0 amide bonds. The van der Waals surface area contributed by atoms with Gasteiger partial charge in [0.05, 0.1) is 11.1 Å². The fourth-order valence-corrected chi connectivity index (χ4v) is 5.70. The van der Waals surface area contributed by atoms with E-state index in [0.29, 0.717) is 0 Å². The smallest absolute Gasteiger partial charge is 0.321 e. The molecule has 0 spiro atoms. The number of aryl methyl sites for hydroxylation is 1. The SMILES string of the molecule is Cc1cccc(CN2C(C)[C@](C#N)(c3ccc(Cl)cc3F)[C@@H](c3cccc(Cl)c3F)[C@@H]2C(=O)O)c1. The Balaban J connectivity index is 2.01. The number of rotatable bonds is 5. The number of carboxylic acids is 1. The van der Waals surface area contributed by atoms with Crippen LogP contribution in [0, 0.1) is 29.9 Å². The van der Waals surface area contributed by atoms with Crippen LogP contribution < -0.4 is 0 Å². The first-order valence-electron chi connectivity index (χ1n) is 11.0. The van der Waals surface area contributed by atoms with Crippen molar-refractivity contribution < 1.29 is 18.7 Å². The van der Waals surface area contributed by atoms with Gasteiger partial charge in [0.15, 0.2) is 0 Å². The Morgan fingerprint density at radius 1 is 1.14 bits per heavy atom. The van der Waals surface area contributed by atoms with E-state index in [2.05, 4.69) is 6.07 Å². The minimum atomic E-state index is -1.76. The second-order valence-corrected chi connectivity index (χ2v) is 9.69. The first kappa shape index (κ1) is 25.1. The lowest BCUT2D eigenvalue weighted by atomic mass is 9.65. The quantitative estimate of drug-likeness (QED) is 0.423. The highest BCUT2D eigenvalue weighted by Crippen LogP contribution is 2.54. The van der Waals surface area contributed by atoms with Crippen LogP contribution in [0.1, 0.15) is 35.1 Å². The summed E-state index contributed by atoms with van der Waals surface area (Å²) in [7, 11) is 0. The maximum atomic E-state index is 15.4. The van der Waals surface area contributed by atoms with Gasteiger partial charge in [-0.15, -0.1) is 0 Å². The van der Waals surface area contributed by atoms with E-state index in [1.54, 1.807) is 11.8 Å². The highest BCUT2D eigenvalue weighted by molar-refractivity contribution is 6.31. The highest BCUT2D eigenvalue weighted by atomic mass is 35.5. The Labute approximate surface area is 212 Å². The molecule has 1 heterocycles. The van der Waals surface area contributed by atoms with Gasteiger partial charge < -0.3 is 5.11 Å². The first-order chi connectivity index (χ1) is 16.6. The number of nitriles is 1. The minimum Gasteiger partial charge on any atom is -0.480 e. The van der Waals surface area contributed by atoms with Crippen molar-refractivity contribution in [2.45, 2.75) is 43.8 Å². The monoisotopic (exact) mass is 514 g/mol. The van der Waals surface area contributed by atoms with Gasteiger partial charge in [-0.1, -0.05) is 71.2 Å². The van der Waals surface area contributed by atoms with Crippen LogP contribution in [0.4, 0.5) is 8.78 Å². The standard InChI is InChI=1S/C27H22Cl2F2N2O2/c1-15-5-3-6-17(11-15)13-33-16(2)27(14-32,20-10-9-18(28)12-22(20)30)23(25(33)26(34)35)19-7-4-8-21(29)24(19)31/h3-12,16,23,25H,13H2,1-2H3,(H,34,35)/t16?,23-,25+,27+/m0/s1. The Bertz CT molecular complexity index is 1340. The molecule has 1 N–H and O–H groups in total. The molecular weight excluding hydrogens is 493 g/mol. The van der Waals surface area contributed by atoms with Crippen LogP contribution in [0.2, 0.25) is 10.0 Å². The molecular formula is C27H22Cl2F2N2O2. The number of halogens is 4. The molecule has 180 valence electrons. The number of aliphatic carboxylic acids is 1. The van der Waals surface area contributed by atoms with Crippen molar-refractivity contribution in [2.75, 3.05) is 0 Å². The van der Waals surface area contributed by atoms with Crippen LogP contribution in [-0.4, -0.2) is 28.1 Å². The van der Waals surface area contributed by atoms with Crippen molar-refractivity contribution in [1.82, 2.24) is 4.90 Å². The number of nitrogens with zero attached hydrogens (tertiary/aromatic N) is 2. The lowest BCUT2D eigenvalue weighted by molar-refractivity contribution is -0.143. The maximum Gasteiger partial charge on any atom is 0.321 e. The summed E-state index contributed by atoms with van der Waals surface area (Å²) < 4.78 is 30.8. The van der Waals surface area contributed by atoms with E-state index in [1.807, 2.05) is 31.2 Å². The molecule has 0 saturated carbocycles. The van der Waals surface area contributed by atoms with Crippen LogP contribution in [-0.2, 0) is 16.8 Å². The molecule has 4 rings (SSSR count). The summed E-state index contributed by atoms with van der Waals surface area (Å²) in [5.74, 6) is -4.11. The molecule has 35 heavy (non-hydrogen) atoms. The molecule has 4 atom stereocenters. The van der Waals surface area contributed by atoms with Gasteiger partial charge in [-0.2, -0.15) is 5.26 Å². The Morgan fingerprint density at radius 3 is 2.49 bits per heavy atom. The van der Waals surface area contributed by atoms with Crippen molar-refractivity contribution in [1.29, 1.82) is 5.26 Å². The molecule has 0 aromatic heterocycles. The van der Waals surface area contributed by atoms with Gasteiger partial charge in [0, 0.05) is 29.1 Å². The van der Waals surface area contributed by atoms with Crippen LogP contribution >= 0.6 is 23.2 Å². The minimum absolute atomic E-state index is 0.0423. The van der Waals surface area contributed by atoms with E-state index in [4.69, 9.17) is 23.2 Å². The lowest BCUT2D eigenvalue weighted by Gasteiger charge is -2.34. The van der Waals surface area contributed by atoms with Gasteiger partial charge in [0.1, 0.15) is 23.1 Å². The number of carbonyl (C=O) groups is 1. The predicted octanol–water partition coefficient (Wildman–Crippen LogP) is 6.48. The van der Waals surface area contributed by atoms with E-state index in [-0.39, 0.29) is 27.7 Å². The average Bonchev–Trinajstić information content (AvgIpc) is 3.04. The molecule has 3 aromatic rings. The van der Waals surface area contributed by atoms with E-state index in [9.17, 15) is 15.2 Å². The topological polar surface area (TPSA) is 64.3 Å². The zero-order valence-electron chi connectivity index (χ0n) is 19.0. The molecule has 0 radical (unpaired) electrons. The van der Waals surface area contributed by atoms with Crippen molar-refractivity contribution in [3.05, 3.63) is 105 Å². The summed E-state index contributed by atoms with van der Waals surface area (Å²) in [6.45, 7) is 3.75. The van der Waals surface area contributed by atoms with Gasteiger partial charge >= 0.3 is 5.97 Å². The van der Waals surface area contributed by atoms with Crippen molar-refractivity contribution in [2.24, 2.45) is 0 Å². The summed E-state index contributed by atoms with van der Waals surface area (Å²) in [4.78, 5) is 14.4. The van der Waals surface area contributed by atoms with Gasteiger partial charge in [0.2, 0.25) is 0 Å². The normalized spacial score (nSPS) is 24.3. The van der Waals surface area contributed by atoms with Gasteiger partial charge in [-0.25, -0.2) is 8.78 Å². The molecule has 0 bridgehead atoms. The van der Waals surface area contributed by atoms with E-state index >= 15 is 8.78 Å². The number of hydrogen-bond donors (Lipinski definition) is 1. The summed E-state index contributed by atoms with van der Waals surface area (Å²) in [5, 5.41) is 20.9. The molecule has 8 heteroatoms. The Hall–Kier alpha value is -2.98. The predicted molar refractivity (Wildman–Crippen MR) is 130 cm³/mol. The molecule has 1 unspecified atom stereocenters. The summed E-state index contributed by atoms with van der Waals surface area (Å²) >= 11 is 12.0. The fraction of sp³-hybridized carbons (Fsp3) is 0.259. The third-order valence-electron chi connectivity index (χ3n) is 6.90. The number of hydrogen-bond acceptors (Lipinski definition) is 3. The summed E-state index contributed by atoms with van der Waals surface area (Å²) in [6, 6.07) is 15.7. The lowest BCUT2D eigenvalue weighted by Crippen LogP contribution is -2.42. The van der Waals surface area contributed by atoms with Crippen LogP contribution in [0.3, 0.4) is 0 Å². The van der Waals surface area contributed by atoms with E-state index in [0.717, 1.165) is 17.2 Å². The van der Waals surface area contributed by atoms with Crippen molar-refractivity contribution in [3.63, 3.8) is 0 Å². The van der Waals surface area contributed by atoms with Crippen molar-refractivity contribution in [3.8, 4) is 6.07 Å². The third-order valence-corrected chi connectivity index (χ3v) is 7.43. The van der Waals surface area contributed by atoms with Crippen LogP contribution in [0.15, 0.2) is 60.7 Å². The molecule has 4 nitrogen and oxygen atoms in total. The second kappa shape index (κ2) is 9.58. The first-order valence-corrected chi connectivity index (χ1v) is 11.7. The van der Waals surface area contributed by atoms with Crippen molar-refractivity contribution >= 4 is 29.2 Å². The van der Waals surface area contributed by atoms with Crippen LogP contribution in [0.5, 0.6) is 0 Å². The van der Waals surface area contributed by atoms with Gasteiger partial charge in [0.25, 0.3) is 0 Å². The van der Waals surface area contributed by atoms with E-state index in [1.165, 1.54) is 30.3 Å². The maximum absolute atomic E-state index is 15.4. The summed E-state index contributed by atoms with van der Waals surface area (Å²) in [5.41, 5.74) is -0.0565. The number of likely N-dealkylation sites (tertiary alicyclic amines) is 1. The molecule has 1 saturated heterocycles. The van der Waals surface area contributed by atoms with Gasteiger partial charge in [-0.05, 0) is 43.2 Å². The second-order valence-electron chi connectivity index (χ2n) is 8.85. The third kappa shape index (κ3) is 4.18. The van der Waals surface area contributed by atoms with E-state index < -0.39 is 41.0 Å². The number of benzene rings is 3. The molecule has 0 aliphatic carbocycles. The molecule has 1 aliphatic rings. The number of carboxylic acid groups (broad SMARTS) is 1. The van der Waals surface area contributed by atoms with Crippen LogP contribution in [0.25, 0.3) is 0 Å². The zero-order chi connectivity index (χ0) is 25.5.